The minimum atomic E-state index is -4.96. The number of aliphatic hydroxyl groups excluding tert-OH is 1. The van der Waals surface area contributed by atoms with Crippen molar-refractivity contribution in [2.24, 2.45) is 11.8 Å². The standard InChI is InChI=1S/C79H154O17P2/c1-7-10-12-14-16-18-31-39-45-51-57-63-78(83)95-74(67-89-76(81)61-55-49-43-17-15-13-11-8-2)69-93-97(85,86)91-65-73(80)66-92-98(87,88)94-70-75(68-90-77(82)62-56-50-44-38-34-29-26-25-28-33-37-42-48-54-60-72(6)9-3)96-79(84)64-58-52-46-40-35-30-24-22-20-19-21-23-27-32-36-41-47-53-59-71(4)5/h71-75,80H,7-70H2,1-6H3,(H,85,86)(H,87,88)/t72?,73-,74+,75+/m0/s1. The molecule has 19 heteroatoms. The smallest absolute Gasteiger partial charge is 0.462 e. The highest BCUT2D eigenvalue weighted by atomic mass is 31.2. The Morgan fingerprint density at radius 2 is 0.520 bits per heavy atom. The average molecular weight is 1440 g/mol. The maximum atomic E-state index is 13.1. The molecule has 0 spiro atoms. The van der Waals surface area contributed by atoms with Gasteiger partial charge in [-0.15, -0.1) is 0 Å². The monoisotopic (exact) mass is 1440 g/mol. The molecule has 0 aromatic rings. The van der Waals surface area contributed by atoms with Crippen LogP contribution in [0.1, 0.15) is 414 Å². The highest BCUT2D eigenvalue weighted by molar-refractivity contribution is 7.47. The number of carbonyl (C=O) groups excluding carboxylic acids is 4. The van der Waals surface area contributed by atoms with Gasteiger partial charge < -0.3 is 33.8 Å². The zero-order valence-electron chi connectivity index (χ0n) is 64.1. The fourth-order valence-electron chi connectivity index (χ4n) is 12.2. The Labute approximate surface area is 600 Å². The van der Waals surface area contributed by atoms with E-state index < -0.39 is 97.5 Å². The Morgan fingerprint density at radius 1 is 0.296 bits per heavy atom. The first-order valence-corrected chi connectivity index (χ1v) is 44.0. The first kappa shape index (κ1) is 96.1. The Kier molecular flexibility index (Phi) is 69.3. The van der Waals surface area contributed by atoms with Gasteiger partial charge in [-0.3, -0.25) is 37.3 Å². The third kappa shape index (κ3) is 71.1. The van der Waals surface area contributed by atoms with Crippen LogP contribution in [0.2, 0.25) is 0 Å². The van der Waals surface area contributed by atoms with E-state index >= 15 is 0 Å². The van der Waals surface area contributed by atoms with Gasteiger partial charge in [-0.25, -0.2) is 9.13 Å². The van der Waals surface area contributed by atoms with Crippen molar-refractivity contribution in [3.63, 3.8) is 0 Å². The van der Waals surface area contributed by atoms with E-state index in [1.165, 1.54) is 225 Å². The maximum Gasteiger partial charge on any atom is 0.472 e. The average Bonchev–Trinajstić information content (AvgIpc) is 1.02. The second-order valence-electron chi connectivity index (χ2n) is 29.2. The van der Waals surface area contributed by atoms with E-state index in [4.69, 9.17) is 37.0 Å². The van der Waals surface area contributed by atoms with E-state index in [-0.39, 0.29) is 25.7 Å². The van der Waals surface area contributed by atoms with Crippen LogP contribution in [0.5, 0.6) is 0 Å². The molecule has 0 aliphatic carbocycles. The van der Waals surface area contributed by atoms with Crippen molar-refractivity contribution in [2.75, 3.05) is 39.6 Å². The summed E-state index contributed by atoms with van der Waals surface area (Å²) in [5.74, 6) is -0.444. The van der Waals surface area contributed by atoms with Crippen molar-refractivity contribution in [1.82, 2.24) is 0 Å². The summed E-state index contributed by atoms with van der Waals surface area (Å²) < 4.78 is 68.5. The van der Waals surface area contributed by atoms with Crippen molar-refractivity contribution in [3.05, 3.63) is 0 Å². The molecule has 0 aliphatic heterocycles. The zero-order chi connectivity index (χ0) is 72.1. The number of aliphatic hydroxyl groups is 1. The quantitative estimate of drug-likeness (QED) is 0.0222. The molecule has 3 unspecified atom stereocenters. The van der Waals surface area contributed by atoms with Crippen LogP contribution in [0.25, 0.3) is 0 Å². The van der Waals surface area contributed by atoms with Crippen LogP contribution in [0, 0.1) is 11.8 Å². The molecule has 6 atom stereocenters. The molecule has 582 valence electrons. The minimum absolute atomic E-state index is 0.107. The topological polar surface area (TPSA) is 237 Å². The van der Waals surface area contributed by atoms with Crippen LogP contribution < -0.4 is 0 Å². The zero-order valence-corrected chi connectivity index (χ0v) is 65.9. The van der Waals surface area contributed by atoms with Crippen molar-refractivity contribution in [1.29, 1.82) is 0 Å². The van der Waals surface area contributed by atoms with Gasteiger partial charge in [0.1, 0.15) is 19.3 Å². The Morgan fingerprint density at radius 3 is 0.776 bits per heavy atom. The molecule has 0 saturated heterocycles. The summed E-state index contributed by atoms with van der Waals surface area (Å²) in [5.41, 5.74) is 0. The lowest BCUT2D eigenvalue weighted by atomic mass is 9.99. The number of hydrogen-bond acceptors (Lipinski definition) is 15. The van der Waals surface area contributed by atoms with E-state index in [0.29, 0.717) is 25.7 Å². The maximum absolute atomic E-state index is 13.1. The Bertz CT molecular complexity index is 1890. The van der Waals surface area contributed by atoms with Crippen LogP contribution in [-0.2, 0) is 65.4 Å². The van der Waals surface area contributed by atoms with E-state index in [1.54, 1.807) is 0 Å². The van der Waals surface area contributed by atoms with E-state index in [1.807, 2.05) is 0 Å². The second-order valence-corrected chi connectivity index (χ2v) is 32.1. The lowest BCUT2D eigenvalue weighted by Gasteiger charge is -2.21. The molecule has 0 radical (unpaired) electrons. The highest BCUT2D eigenvalue weighted by Crippen LogP contribution is 2.45. The van der Waals surface area contributed by atoms with E-state index in [9.17, 15) is 43.2 Å². The van der Waals surface area contributed by atoms with Gasteiger partial charge in [-0.1, -0.05) is 363 Å². The number of carbonyl (C=O) groups is 4. The minimum Gasteiger partial charge on any atom is -0.462 e. The first-order valence-electron chi connectivity index (χ1n) is 41.0. The van der Waals surface area contributed by atoms with Gasteiger partial charge in [-0.05, 0) is 37.5 Å². The third-order valence-electron chi connectivity index (χ3n) is 18.8. The summed E-state index contributed by atoms with van der Waals surface area (Å²) in [5, 5.41) is 10.6. The summed E-state index contributed by atoms with van der Waals surface area (Å²) in [6, 6.07) is 0. The normalized spacial score (nSPS) is 14.2. The molecule has 0 rings (SSSR count). The van der Waals surface area contributed by atoms with Gasteiger partial charge in [0.25, 0.3) is 0 Å². The number of phosphoric ester groups is 2. The van der Waals surface area contributed by atoms with Crippen molar-refractivity contribution < 1.29 is 80.2 Å². The van der Waals surface area contributed by atoms with E-state index in [2.05, 4.69) is 41.5 Å². The van der Waals surface area contributed by atoms with Gasteiger partial charge in [0.15, 0.2) is 12.2 Å². The predicted octanol–water partition coefficient (Wildman–Crippen LogP) is 23.5. The van der Waals surface area contributed by atoms with Crippen LogP contribution in [0.15, 0.2) is 0 Å². The summed E-state index contributed by atoms with van der Waals surface area (Å²) in [7, 11) is -9.91. The molecule has 0 fully saturated rings. The summed E-state index contributed by atoms with van der Waals surface area (Å²) in [6.07, 6.45) is 59.7. The van der Waals surface area contributed by atoms with Crippen molar-refractivity contribution >= 4 is 39.5 Å². The first-order chi connectivity index (χ1) is 47.4. The fraction of sp³-hybridized carbons (Fsp3) is 0.949. The largest absolute Gasteiger partial charge is 0.472 e. The molecule has 0 saturated carbocycles. The molecular weight excluding hydrogens is 1280 g/mol. The lowest BCUT2D eigenvalue weighted by Crippen LogP contribution is -2.30. The number of rotatable bonds is 78. The number of phosphoric acid groups is 2. The molecular formula is C79H154O17P2. The number of esters is 4. The van der Waals surface area contributed by atoms with Crippen LogP contribution >= 0.6 is 15.6 Å². The van der Waals surface area contributed by atoms with Crippen LogP contribution in [0.4, 0.5) is 0 Å². The van der Waals surface area contributed by atoms with Crippen LogP contribution in [0.3, 0.4) is 0 Å². The van der Waals surface area contributed by atoms with Gasteiger partial charge in [0.2, 0.25) is 0 Å². The second kappa shape index (κ2) is 70.7. The van der Waals surface area contributed by atoms with Gasteiger partial charge >= 0.3 is 39.5 Å². The van der Waals surface area contributed by atoms with Crippen LogP contribution in [-0.4, -0.2) is 96.7 Å². The van der Waals surface area contributed by atoms with E-state index in [0.717, 1.165) is 108 Å². The molecule has 0 aromatic heterocycles. The number of hydrogen-bond donors (Lipinski definition) is 3. The van der Waals surface area contributed by atoms with Gasteiger partial charge in [0.05, 0.1) is 26.4 Å². The van der Waals surface area contributed by atoms with Crippen molar-refractivity contribution in [2.45, 2.75) is 432 Å². The predicted molar refractivity (Wildman–Crippen MR) is 400 cm³/mol. The SMILES string of the molecule is CCCCCCCCCCCCCC(=O)O[C@H](COC(=O)CCCCCCCCCC)COP(=O)(O)OC[C@H](O)COP(=O)(O)OC[C@@H](COC(=O)CCCCCCCCCCCCCCCCC(C)CC)OC(=O)CCCCCCCCCCCCCCCCCCCCC(C)C. The third-order valence-corrected chi connectivity index (χ3v) is 20.7. The molecule has 0 heterocycles. The molecule has 0 aliphatic rings. The van der Waals surface area contributed by atoms with Gasteiger partial charge in [-0.2, -0.15) is 0 Å². The molecule has 0 bridgehead atoms. The number of ether oxygens (including phenoxy) is 4. The summed E-state index contributed by atoms with van der Waals surface area (Å²) in [6.45, 7) is 9.68. The molecule has 0 amide bonds. The number of unbranched alkanes of at least 4 members (excludes halogenated alkanes) is 47. The molecule has 3 N–H and O–H groups in total. The molecule has 0 aromatic carbocycles. The molecule has 17 nitrogen and oxygen atoms in total. The Balaban J connectivity index is 5.18. The molecule has 98 heavy (non-hydrogen) atoms. The summed E-state index contributed by atoms with van der Waals surface area (Å²) in [4.78, 5) is 72.8. The fourth-order valence-corrected chi connectivity index (χ4v) is 13.7. The lowest BCUT2D eigenvalue weighted by molar-refractivity contribution is -0.161. The highest BCUT2D eigenvalue weighted by Gasteiger charge is 2.30. The summed E-state index contributed by atoms with van der Waals surface area (Å²) >= 11 is 0. The van der Waals surface area contributed by atoms with Gasteiger partial charge in [0, 0.05) is 25.7 Å². The Hall–Kier alpha value is -1.94. The van der Waals surface area contributed by atoms with Crippen molar-refractivity contribution in [3.8, 4) is 0 Å².